The second-order valence-electron chi connectivity index (χ2n) is 8.01. The van der Waals surface area contributed by atoms with Gasteiger partial charge in [-0.2, -0.15) is 0 Å². The summed E-state index contributed by atoms with van der Waals surface area (Å²) in [6.07, 6.45) is 1.79. The minimum atomic E-state index is -0.0494. The molecule has 0 bridgehead atoms. The van der Waals surface area contributed by atoms with Crippen LogP contribution in [0.4, 0.5) is 0 Å². The molecule has 1 unspecified atom stereocenters. The second kappa shape index (κ2) is 13.1. The summed E-state index contributed by atoms with van der Waals surface area (Å²) in [6.45, 7) is 12.6. The lowest BCUT2D eigenvalue weighted by molar-refractivity contribution is 0.383. The molecule has 2 N–H and O–H groups in total. The van der Waals surface area contributed by atoms with E-state index in [0.29, 0.717) is 18.4 Å². The first-order chi connectivity index (χ1) is 13.8. The van der Waals surface area contributed by atoms with E-state index in [9.17, 15) is 0 Å². The van der Waals surface area contributed by atoms with Crippen molar-refractivity contribution in [1.82, 2.24) is 15.6 Å². The summed E-state index contributed by atoms with van der Waals surface area (Å²) in [5, 5.41) is 6.70. The highest BCUT2D eigenvalue weighted by molar-refractivity contribution is 14.0. The molecule has 30 heavy (non-hydrogen) atoms. The zero-order valence-corrected chi connectivity index (χ0v) is 22.0. The summed E-state index contributed by atoms with van der Waals surface area (Å²) < 4.78 is 11.2. The number of benzene rings is 1. The van der Waals surface area contributed by atoms with Crippen molar-refractivity contribution in [1.29, 1.82) is 0 Å². The van der Waals surface area contributed by atoms with E-state index in [-0.39, 0.29) is 29.4 Å². The predicted octanol–water partition coefficient (Wildman–Crippen LogP) is 5.08. The summed E-state index contributed by atoms with van der Waals surface area (Å²) in [5.41, 5.74) is -0.0494. The highest BCUT2D eigenvalue weighted by atomic mass is 127. The monoisotopic (exact) mass is 546 g/mol. The number of methoxy groups -OCH3 is 1. The molecule has 0 saturated heterocycles. The van der Waals surface area contributed by atoms with Gasteiger partial charge in [0.15, 0.2) is 5.96 Å². The molecular weight excluding hydrogens is 511 g/mol. The minimum absolute atomic E-state index is 0. The van der Waals surface area contributed by atoms with Gasteiger partial charge in [-0.1, -0.05) is 39.8 Å². The zero-order valence-electron chi connectivity index (χ0n) is 18.8. The van der Waals surface area contributed by atoms with E-state index in [4.69, 9.17) is 9.15 Å². The molecule has 1 atom stereocenters. The fourth-order valence-electron chi connectivity index (χ4n) is 2.52. The highest BCUT2D eigenvalue weighted by Crippen LogP contribution is 2.29. The molecule has 6 nitrogen and oxygen atoms in total. The Labute approximate surface area is 202 Å². The fraction of sp³-hybridized carbons (Fsp3) is 0.545. The van der Waals surface area contributed by atoms with Gasteiger partial charge >= 0.3 is 0 Å². The predicted molar refractivity (Wildman–Crippen MR) is 136 cm³/mol. The van der Waals surface area contributed by atoms with E-state index in [1.165, 1.54) is 4.90 Å². The topological polar surface area (TPSA) is 71.7 Å². The Morgan fingerprint density at radius 1 is 1.27 bits per heavy atom. The number of ether oxygens (including phenoxy) is 1. The minimum Gasteiger partial charge on any atom is -0.496 e. The maximum atomic E-state index is 5.82. The number of nitrogens with zero attached hydrogens (tertiary/aromatic N) is 2. The number of oxazole rings is 1. The number of halogens is 1. The van der Waals surface area contributed by atoms with Crippen LogP contribution in [0.2, 0.25) is 0 Å². The summed E-state index contributed by atoms with van der Waals surface area (Å²) >= 11 is 1.81. The van der Waals surface area contributed by atoms with Crippen molar-refractivity contribution >= 4 is 41.7 Å². The van der Waals surface area contributed by atoms with E-state index in [1.54, 1.807) is 13.3 Å². The Kier molecular flexibility index (Phi) is 11.6. The number of para-hydroxylation sites is 1. The van der Waals surface area contributed by atoms with E-state index in [0.717, 1.165) is 36.3 Å². The third kappa shape index (κ3) is 8.75. The van der Waals surface area contributed by atoms with E-state index in [2.05, 4.69) is 61.3 Å². The van der Waals surface area contributed by atoms with Crippen molar-refractivity contribution in [3.8, 4) is 5.75 Å². The van der Waals surface area contributed by atoms with Gasteiger partial charge in [0.2, 0.25) is 5.89 Å². The fourth-order valence-corrected chi connectivity index (χ4v) is 3.57. The average Bonchev–Trinajstić information content (AvgIpc) is 3.18. The molecule has 168 valence electrons. The molecule has 2 aromatic rings. The number of aromatic nitrogens is 1. The first kappa shape index (κ1) is 26.6. The Balaban J connectivity index is 0.00000450. The molecule has 1 aromatic heterocycles. The van der Waals surface area contributed by atoms with Crippen LogP contribution < -0.4 is 15.4 Å². The summed E-state index contributed by atoms with van der Waals surface area (Å²) in [5.74, 6) is 4.66. The summed E-state index contributed by atoms with van der Waals surface area (Å²) in [4.78, 5) is 10.1. The molecule has 0 spiro atoms. The Bertz CT molecular complexity index is 789. The molecule has 1 aromatic carbocycles. The second-order valence-corrected chi connectivity index (χ2v) is 9.07. The third-order valence-electron chi connectivity index (χ3n) is 4.22. The molecule has 0 saturated carbocycles. The van der Waals surface area contributed by atoms with Crippen molar-refractivity contribution < 1.29 is 9.15 Å². The van der Waals surface area contributed by atoms with E-state index in [1.807, 2.05) is 30.0 Å². The normalized spacial score (nSPS) is 12.8. The first-order valence-electron chi connectivity index (χ1n) is 10.1. The Hall–Kier alpha value is -1.42. The SMILES string of the molecule is CCNC(=NCc1ncc(C(C)(C)C)o1)NCC(C)CSc1ccccc1OC.I. The molecule has 2 rings (SSSR count). The van der Waals surface area contributed by atoms with Gasteiger partial charge in [-0.25, -0.2) is 9.98 Å². The molecular formula is C22H35IN4O2S. The molecule has 0 amide bonds. The Morgan fingerprint density at radius 3 is 2.63 bits per heavy atom. The van der Waals surface area contributed by atoms with Gasteiger partial charge in [-0.3, -0.25) is 0 Å². The van der Waals surface area contributed by atoms with Gasteiger partial charge < -0.3 is 19.8 Å². The number of hydrogen-bond donors (Lipinski definition) is 2. The number of thioether (sulfide) groups is 1. The first-order valence-corrected chi connectivity index (χ1v) is 11.0. The maximum Gasteiger partial charge on any atom is 0.216 e. The summed E-state index contributed by atoms with van der Waals surface area (Å²) in [7, 11) is 1.71. The van der Waals surface area contributed by atoms with Crippen molar-refractivity contribution in [3.63, 3.8) is 0 Å². The van der Waals surface area contributed by atoms with Crippen molar-refractivity contribution in [2.24, 2.45) is 10.9 Å². The molecule has 1 heterocycles. The van der Waals surface area contributed by atoms with Crippen LogP contribution in [0.1, 0.15) is 46.3 Å². The van der Waals surface area contributed by atoms with Crippen LogP contribution in [0, 0.1) is 5.92 Å². The highest BCUT2D eigenvalue weighted by Gasteiger charge is 2.19. The van der Waals surface area contributed by atoms with Crippen LogP contribution in [0.5, 0.6) is 5.75 Å². The third-order valence-corrected chi connectivity index (χ3v) is 5.60. The van der Waals surface area contributed by atoms with Gasteiger partial charge in [0.25, 0.3) is 0 Å². The van der Waals surface area contributed by atoms with Crippen LogP contribution in [-0.2, 0) is 12.0 Å². The smallest absolute Gasteiger partial charge is 0.216 e. The standard InChI is InChI=1S/C22H34N4O2S.HI/c1-7-23-21(26-14-20-24-13-19(28-20)22(3,4)5)25-12-16(2)15-29-18-11-9-8-10-17(18)27-6;/h8-11,13,16H,7,12,14-15H2,1-6H3,(H2,23,25,26);1H. The van der Waals surface area contributed by atoms with E-state index >= 15 is 0 Å². The molecule has 0 aliphatic heterocycles. The zero-order chi connectivity index (χ0) is 21.3. The molecule has 0 aliphatic rings. The van der Waals surface area contributed by atoms with Gasteiger partial charge in [0.1, 0.15) is 18.1 Å². The van der Waals surface area contributed by atoms with Gasteiger partial charge in [0, 0.05) is 29.2 Å². The van der Waals surface area contributed by atoms with Crippen LogP contribution in [0.3, 0.4) is 0 Å². The lowest BCUT2D eigenvalue weighted by atomic mass is 9.94. The molecule has 0 fully saturated rings. The Morgan fingerprint density at radius 2 is 2.00 bits per heavy atom. The van der Waals surface area contributed by atoms with Gasteiger partial charge in [-0.05, 0) is 25.0 Å². The van der Waals surface area contributed by atoms with Crippen molar-refractivity contribution in [3.05, 3.63) is 42.1 Å². The lowest BCUT2D eigenvalue weighted by Gasteiger charge is -2.16. The van der Waals surface area contributed by atoms with Gasteiger partial charge in [0.05, 0.1) is 13.3 Å². The number of hydrogen-bond acceptors (Lipinski definition) is 5. The van der Waals surface area contributed by atoms with E-state index < -0.39 is 0 Å². The van der Waals surface area contributed by atoms with Crippen LogP contribution in [-0.4, -0.2) is 36.9 Å². The number of guanidine groups is 1. The molecule has 0 radical (unpaired) electrons. The quantitative estimate of drug-likeness (QED) is 0.198. The average molecular weight is 547 g/mol. The number of aliphatic imine (C=N–C) groups is 1. The van der Waals surface area contributed by atoms with Crippen molar-refractivity contribution in [2.75, 3.05) is 26.0 Å². The van der Waals surface area contributed by atoms with Gasteiger partial charge in [-0.15, -0.1) is 35.7 Å². The maximum absolute atomic E-state index is 5.82. The van der Waals surface area contributed by atoms with Crippen molar-refractivity contribution in [2.45, 2.75) is 51.5 Å². The molecule has 8 heteroatoms. The summed E-state index contributed by atoms with van der Waals surface area (Å²) in [6, 6.07) is 8.12. The van der Waals surface area contributed by atoms with Crippen LogP contribution in [0.15, 0.2) is 44.8 Å². The van der Waals surface area contributed by atoms with Crippen LogP contribution >= 0.6 is 35.7 Å². The number of rotatable bonds is 9. The lowest BCUT2D eigenvalue weighted by Crippen LogP contribution is -2.39. The molecule has 0 aliphatic carbocycles. The number of nitrogens with one attached hydrogen (secondary N) is 2. The van der Waals surface area contributed by atoms with Crippen LogP contribution in [0.25, 0.3) is 0 Å². The largest absolute Gasteiger partial charge is 0.496 e.